The number of aryl methyl sites for hydroxylation is 2. The van der Waals surface area contributed by atoms with E-state index >= 15 is 0 Å². The van der Waals surface area contributed by atoms with Crippen molar-refractivity contribution in [3.05, 3.63) is 119 Å². The Labute approximate surface area is 481 Å². The van der Waals surface area contributed by atoms with Gasteiger partial charge in [-0.1, -0.05) is 48.5 Å². The Kier molecular flexibility index (Phi) is 27.2. The molecule has 2 amide bonds. The van der Waals surface area contributed by atoms with Gasteiger partial charge in [-0.25, -0.2) is 9.59 Å². The van der Waals surface area contributed by atoms with Gasteiger partial charge in [0.05, 0.1) is 10.8 Å². The maximum atomic E-state index is 13.4. The zero-order chi connectivity index (χ0) is 61.0. The van der Waals surface area contributed by atoms with Gasteiger partial charge in [0.25, 0.3) is 0 Å². The van der Waals surface area contributed by atoms with E-state index in [9.17, 15) is 58.2 Å². The fourth-order valence-corrected chi connectivity index (χ4v) is 8.47. The molecule has 0 bridgehead atoms. The third-order valence-corrected chi connectivity index (χ3v) is 12.7. The van der Waals surface area contributed by atoms with Crippen LogP contribution in [0.2, 0.25) is 0 Å². The summed E-state index contributed by atoms with van der Waals surface area (Å²) in [6.45, 7) is 4.80. The molecule has 4 rings (SSSR count). The summed E-state index contributed by atoms with van der Waals surface area (Å²) in [5, 5.41) is 42.5. The molecule has 0 spiro atoms. The Hall–Kier alpha value is -8.82. The smallest absolute Gasteiger partial charge is 0.329 e. The molecule has 2 atom stereocenters. The molecular formula is C61H74N2O20. The lowest BCUT2D eigenvalue weighted by molar-refractivity contribution is -0.166. The maximum absolute atomic E-state index is 13.4. The van der Waals surface area contributed by atoms with Crippen LogP contribution in [0.15, 0.2) is 97.1 Å². The number of hydrogen-bond donors (Lipinski definition) is 6. The molecule has 0 aliphatic rings. The van der Waals surface area contributed by atoms with E-state index in [1.54, 1.807) is 100 Å². The number of amides is 2. The minimum atomic E-state index is -1.26. The molecule has 0 fully saturated rings. The first-order valence-electron chi connectivity index (χ1n) is 27.2. The first-order valence-corrected chi connectivity index (χ1v) is 27.2. The monoisotopic (exact) mass is 1150 g/mol. The first-order chi connectivity index (χ1) is 39.4. The standard InChI is InChI=1S/C61H74N2O20/c1-60(2,58(76)80-35-33-78-56(74)48(37-42-13-23-44(64)24-14-42)62-50(66)31-21-40-17-27-46(28-18-40)82-54(72)11-7-5-9-52(68)69)39-61(3,4)59(77)81-36-34-79-57(75)49(38-43-15-25-45(65)26-16-43)63-51(67)32-22-41-19-29-47(30-20-41)83-55(73)12-8-6-10-53(70)71/h13-20,23-30,48-49,64-65H,5-12,21-22,31-39H2,1-4H3,(H,62,66)(H,63,67)(H,68,69)(H,70,71)/t48-,49-/m0/s1. The highest BCUT2D eigenvalue weighted by Crippen LogP contribution is 2.36. The fourth-order valence-electron chi connectivity index (χ4n) is 8.47. The number of aromatic hydroxyl groups is 2. The van der Waals surface area contributed by atoms with E-state index in [2.05, 4.69) is 10.6 Å². The van der Waals surface area contributed by atoms with Gasteiger partial charge in [0, 0.05) is 51.4 Å². The summed E-state index contributed by atoms with van der Waals surface area (Å²) in [5.41, 5.74) is 0.180. The van der Waals surface area contributed by atoms with Crippen molar-refractivity contribution in [1.82, 2.24) is 10.6 Å². The van der Waals surface area contributed by atoms with Crippen LogP contribution in [0.1, 0.15) is 121 Å². The predicted molar refractivity (Wildman–Crippen MR) is 297 cm³/mol. The van der Waals surface area contributed by atoms with Crippen LogP contribution in [0.5, 0.6) is 23.0 Å². The molecule has 6 N–H and O–H groups in total. The number of carbonyl (C=O) groups is 10. The van der Waals surface area contributed by atoms with Crippen molar-refractivity contribution in [2.45, 2.75) is 136 Å². The number of phenols is 2. The van der Waals surface area contributed by atoms with Crippen molar-refractivity contribution in [3.8, 4) is 23.0 Å². The highest BCUT2D eigenvalue weighted by molar-refractivity contribution is 5.86. The number of carboxylic acids is 2. The number of unbranched alkanes of at least 4 members (excludes halogenated alkanes) is 2. The lowest BCUT2D eigenvalue weighted by Crippen LogP contribution is -2.44. The van der Waals surface area contributed by atoms with Crippen molar-refractivity contribution in [1.29, 1.82) is 0 Å². The van der Waals surface area contributed by atoms with Crippen LogP contribution in [0.4, 0.5) is 0 Å². The maximum Gasteiger partial charge on any atom is 0.329 e. The van der Waals surface area contributed by atoms with Crippen molar-refractivity contribution in [2.24, 2.45) is 10.8 Å². The first kappa shape index (κ1) is 66.7. The SMILES string of the molecule is CC(C)(CC(C)(C)C(=O)OCCOC(=O)[C@H](Cc1ccc(O)cc1)NC(=O)CCc1ccc(OC(=O)CCCCC(=O)O)cc1)C(=O)OCCOC(=O)[C@H](Cc1ccc(O)cc1)NC(=O)CCc1ccc(OC(=O)CCCCC(=O)O)cc1. The number of carboxylic acid groups (broad SMARTS) is 2. The Morgan fingerprint density at radius 3 is 1.07 bits per heavy atom. The second-order valence-corrected chi connectivity index (χ2v) is 21.0. The Balaban J connectivity index is 1.21. The summed E-state index contributed by atoms with van der Waals surface area (Å²) >= 11 is 0. The molecule has 83 heavy (non-hydrogen) atoms. The normalized spacial score (nSPS) is 11.9. The van der Waals surface area contributed by atoms with Gasteiger partial charge in [0.2, 0.25) is 11.8 Å². The molecule has 0 radical (unpaired) electrons. The number of rotatable bonds is 36. The minimum Gasteiger partial charge on any atom is -0.508 e. The molecule has 4 aromatic carbocycles. The van der Waals surface area contributed by atoms with Crippen LogP contribution in [0, 0.1) is 10.8 Å². The number of aliphatic carboxylic acids is 2. The third-order valence-electron chi connectivity index (χ3n) is 12.7. The van der Waals surface area contributed by atoms with Crippen LogP contribution in [0.3, 0.4) is 0 Å². The number of ether oxygens (including phenoxy) is 6. The molecule has 22 heteroatoms. The molecule has 0 unspecified atom stereocenters. The summed E-state index contributed by atoms with van der Waals surface area (Å²) < 4.78 is 32.4. The van der Waals surface area contributed by atoms with Crippen LogP contribution < -0.4 is 20.1 Å². The quantitative estimate of drug-likeness (QED) is 0.0117. The number of phenolic OH excluding ortho intramolecular Hbond substituents is 2. The van der Waals surface area contributed by atoms with E-state index in [1.807, 2.05) is 0 Å². The predicted octanol–water partition coefficient (Wildman–Crippen LogP) is 6.83. The Morgan fingerprint density at radius 1 is 0.422 bits per heavy atom. The molecule has 0 aliphatic carbocycles. The third kappa shape index (κ3) is 26.1. The van der Waals surface area contributed by atoms with Crippen LogP contribution in [-0.4, -0.2) is 119 Å². The van der Waals surface area contributed by atoms with Crippen molar-refractivity contribution in [2.75, 3.05) is 26.4 Å². The summed E-state index contributed by atoms with van der Waals surface area (Å²) in [5.74, 6) is -6.29. The number of carbonyl (C=O) groups excluding carboxylic acids is 8. The van der Waals surface area contributed by atoms with E-state index in [-0.39, 0.29) is 109 Å². The van der Waals surface area contributed by atoms with Gasteiger partial charge in [-0.3, -0.25) is 38.4 Å². The van der Waals surface area contributed by atoms with Crippen molar-refractivity contribution in [3.63, 3.8) is 0 Å². The van der Waals surface area contributed by atoms with E-state index in [0.29, 0.717) is 48.3 Å². The van der Waals surface area contributed by atoms with Crippen molar-refractivity contribution < 1.29 is 96.8 Å². The van der Waals surface area contributed by atoms with Crippen LogP contribution in [-0.2, 0) is 92.6 Å². The summed E-state index contributed by atoms with van der Waals surface area (Å²) in [6, 6.07) is 22.8. The molecule has 4 aromatic rings. The number of nitrogens with one attached hydrogen (secondary N) is 2. The molecule has 0 aliphatic heterocycles. The minimum absolute atomic E-state index is 0.000233. The van der Waals surface area contributed by atoms with E-state index in [0.717, 1.165) is 11.1 Å². The van der Waals surface area contributed by atoms with Gasteiger partial charge in [-0.15, -0.1) is 0 Å². The molecule has 0 saturated heterocycles. The number of benzene rings is 4. The van der Waals surface area contributed by atoms with E-state index < -0.39 is 82.5 Å². The second-order valence-electron chi connectivity index (χ2n) is 21.0. The van der Waals surface area contributed by atoms with Gasteiger partial charge in [-0.05, 0) is 143 Å². The van der Waals surface area contributed by atoms with Crippen molar-refractivity contribution >= 4 is 59.6 Å². The lowest BCUT2D eigenvalue weighted by atomic mass is 9.75. The average Bonchev–Trinajstić information content (AvgIpc) is 3.51. The molecule has 0 saturated carbocycles. The fraction of sp³-hybridized carbons (Fsp3) is 0.443. The molecular weight excluding hydrogens is 1080 g/mol. The van der Waals surface area contributed by atoms with E-state index in [4.69, 9.17) is 38.6 Å². The molecule has 0 heterocycles. The zero-order valence-corrected chi connectivity index (χ0v) is 47.1. The largest absolute Gasteiger partial charge is 0.508 e. The number of hydrogen-bond acceptors (Lipinski definition) is 18. The summed E-state index contributed by atoms with van der Waals surface area (Å²) in [7, 11) is 0. The summed E-state index contributed by atoms with van der Waals surface area (Å²) in [4.78, 5) is 125. The topological polar surface area (TPSA) is 331 Å². The highest BCUT2D eigenvalue weighted by Gasteiger charge is 2.41. The Bertz CT molecular complexity index is 2620. The second kappa shape index (κ2) is 33.8. The van der Waals surface area contributed by atoms with Crippen LogP contribution in [0.25, 0.3) is 0 Å². The van der Waals surface area contributed by atoms with Gasteiger partial charge in [0.1, 0.15) is 61.5 Å². The number of esters is 6. The highest BCUT2D eigenvalue weighted by atomic mass is 16.6. The Morgan fingerprint density at radius 2 is 0.735 bits per heavy atom. The summed E-state index contributed by atoms with van der Waals surface area (Å²) in [6.07, 6.45) is 1.96. The van der Waals surface area contributed by atoms with Gasteiger partial charge >= 0.3 is 47.8 Å². The average molecular weight is 1160 g/mol. The molecule has 448 valence electrons. The molecule has 22 nitrogen and oxygen atoms in total. The van der Waals surface area contributed by atoms with Gasteiger partial charge in [-0.2, -0.15) is 0 Å². The van der Waals surface area contributed by atoms with Crippen LogP contribution >= 0.6 is 0 Å². The van der Waals surface area contributed by atoms with Gasteiger partial charge < -0.3 is 59.5 Å². The lowest BCUT2D eigenvalue weighted by Gasteiger charge is -2.31. The van der Waals surface area contributed by atoms with E-state index in [1.165, 1.54) is 24.3 Å². The zero-order valence-electron chi connectivity index (χ0n) is 47.1. The van der Waals surface area contributed by atoms with Gasteiger partial charge in [0.15, 0.2) is 0 Å². The molecule has 0 aromatic heterocycles.